The standard InChI is InChI=1S/C4H12Si.5H2O/c1-3-5-4-2;;;;;/h3-5H2,1-2H3;5*1H2. The molecule has 0 aromatic rings. The maximum Gasteiger partial charge on any atom is 0.0192 e. The number of hydrogen-bond acceptors (Lipinski definition) is 0. The highest BCUT2D eigenvalue weighted by atomic mass is 28.2. The van der Waals surface area contributed by atoms with E-state index in [4.69, 9.17) is 0 Å². The Morgan fingerprint density at radius 3 is 0.900 bits per heavy atom. The molecule has 0 aliphatic heterocycles. The summed E-state index contributed by atoms with van der Waals surface area (Å²) in [5, 5.41) is 0. The van der Waals surface area contributed by atoms with Crippen molar-refractivity contribution in [2.75, 3.05) is 0 Å². The first-order valence-corrected chi connectivity index (χ1v) is 4.41. The minimum absolute atomic E-state index is 0. The van der Waals surface area contributed by atoms with Crippen LogP contribution in [-0.4, -0.2) is 36.9 Å². The summed E-state index contributed by atoms with van der Waals surface area (Å²) in [6.07, 6.45) is 0. The third-order valence-electron chi connectivity index (χ3n) is 0.707. The molecule has 0 heterocycles. The molecule has 0 atom stereocenters. The number of rotatable bonds is 2. The fourth-order valence-corrected chi connectivity index (χ4v) is 1.06. The Labute approximate surface area is 63.8 Å². The molecule has 0 aromatic heterocycles. The minimum Gasteiger partial charge on any atom is -0.412 e. The molecule has 6 heteroatoms. The largest absolute Gasteiger partial charge is 0.412 e. The van der Waals surface area contributed by atoms with Crippen molar-refractivity contribution < 1.29 is 27.4 Å². The van der Waals surface area contributed by atoms with Crippen LogP contribution < -0.4 is 0 Å². The van der Waals surface area contributed by atoms with Gasteiger partial charge in [0, 0.05) is 9.52 Å². The van der Waals surface area contributed by atoms with E-state index in [1.54, 1.807) is 0 Å². The lowest BCUT2D eigenvalue weighted by Gasteiger charge is -1.77. The van der Waals surface area contributed by atoms with E-state index in [2.05, 4.69) is 13.8 Å². The van der Waals surface area contributed by atoms with Crippen LogP contribution in [0.15, 0.2) is 0 Å². The van der Waals surface area contributed by atoms with Gasteiger partial charge in [-0.3, -0.25) is 0 Å². The van der Waals surface area contributed by atoms with Crippen LogP contribution in [0.3, 0.4) is 0 Å². The second-order valence-electron chi connectivity index (χ2n) is 1.35. The first kappa shape index (κ1) is 50.5. The van der Waals surface area contributed by atoms with Crippen molar-refractivity contribution in [3.63, 3.8) is 0 Å². The van der Waals surface area contributed by atoms with Crippen molar-refractivity contribution in [2.24, 2.45) is 0 Å². The van der Waals surface area contributed by atoms with E-state index >= 15 is 0 Å². The van der Waals surface area contributed by atoms with Crippen LogP contribution in [-0.2, 0) is 0 Å². The lowest BCUT2D eigenvalue weighted by molar-refractivity contribution is 0.823. The quantitative estimate of drug-likeness (QED) is 0.392. The summed E-state index contributed by atoms with van der Waals surface area (Å²) < 4.78 is 0. The Balaban J connectivity index is -0.00000000800. The van der Waals surface area contributed by atoms with Gasteiger partial charge in [0.25, 0.3) is 0 Å². The molecule has 72 valence electrons. The lowest BCUT2D eigenvalue weighted by Crippen LogP contribution is -1.76. The summed E-state index contributed by atoms with van der Waals surface area (Å²) in [5.41, 5.74) is 0. The maximum absolute atomic E-state index is 2.27. The highest BCUT2D eigenvalue weighted by Crippen LogP contribution is 1.77. The summed E-state index contributed by atoms with van der Waals surface area (Å²) in [6, 6.07) is 2.97. The van der Waals surface area contributed by atoms with Crippen LogP contribution in [0.5, 0.6) is 0 Å². The van der Waals surface area contributed by atoms with Gasteiger partial charge in [-0.25, -0.2) is 0 Å². The number of hydrogen-bond donors (Lipinski definition) is 0. The predicted octanol–water partition coefficient (Wildman–Crippen LogP) is -3.09. The van der Waals surface area contributed by atoms with Crippen molar-refractivity contribution in [2.45, 2.75) is 25.9 Å². The molecule has 0 rings (SSSR count). The lowest BCUT2D eigenvalue weighted by atomic mass is 11.0. The zero-order valence-electron chi connectivity index (χ0n) is 6.62. The average Bonchev–Trinajstić information content (AvgIpc) is 1.41. The second-order valence-corrected chi connectivity index (χ2v) is 4.06. The Morgan fingerprint density at radius 1 is 0.700 bits per heavy atom. The summed E-state index contributed by atoms with van der Waals surface area (Å²) in [4.78, 5) is 0. The fraction of sp³-hybridized carbons (Fsp3) is 1.00. The van der Waals surface area contributed by atoms with E-state index in [1.807, 2.05) is 0 Å². The summed E-state index contributed by atoms with van der Waals surface area (Å²) in [6.45, 7) is 4.55. The molecule has 0 aliphatic carbocycles. The summed E-state index contributed by atoms with van der Waals surface area (Å²) in [5.74, 6) is 0. The molecule has 0 saturated carbocycles. The molecule has 0 spiro atoms. The maximum atomic E-state index is 2.27. The smallest absolute Gasteiger partial charge is 0.0192 e. The SMILES string of the molecule is CC[SiH2]CC.O.O.O.O.O. The zero-order valence-corrected chi connectivity index (χ0v) is 8.04. The highest BCUT2D eigenvalue weighted by Gasteiger charge is 1.70. The van der Waals surface area contributed by atoms with Crippen molar-refractivity contribution in [1.29, 1.82) is 0 Å². The molecule has 0 fully saturated rings. The van der Waals surface area contributed by atoms with Gasteiger partial charge in [0.2, 0.25) is 0 Å². The molecule has 0 bridgehead atoms. The molecule has 0 amide bonds. The second kappa shape index (κ2) is 63.7. The molecule has 0 aliphatic rings. The van der Waals surface area contributed by atoms with E-state index in [0.29, 0.717) is 9.52 Å². The Morgan fingerprint density at radius 2 is 0.900 bits per heavy atom. The van der Waals surface area contributed by atoms with Gasteiger partial charge in [-0.2, -0.15) is 0 Å². The first-order valence-electron chi connectivity index (χ1n) is 2.41. The minimum atomic E-state index is 0. The van der Waals surface area contributed by atoms with E-state index in [1.165, 1.54) is 12.1 Å². The molecule has 10 heavy (non-hydrogen) atoms. The summed E-state index contributed by atoms with van der Waals surface area (Å²) in [7, 11) is 0.432. The molecule has 0 radical (unpaired) electrons. The topological polar surface area (TPSA) is 158 Å². The Kier molecular flexibility index (Phi) is 321. The predicted molar refractivity (Wildman–Crippen MR) is 47.6 cm³/mol. The van der Waals surface area contributed by atoms with Crippen LogP contribution in [0.1, 0.15) is 13.8 Å². The zero-order chi connectivity index (χ0) is 4.12. The van der Waals surface area contributed by atoms with Crippen molar-refractivity contribution in [3.05, 3.63) is 0 Å². The van der Waals surface area contributed by atoms with Gasteiger partial charge in [0.1, 0.15) is 0 Å². The third-order valence-corrected chi connectivity index (χ3v) is 2.12. The first-order chi connectivity index (χ1) is 2.41. The third kappa shape index (κ3) is 97.0. The van der Waals surface area contributed by atoms with E-state index in [9.17, 15) is 0 Å². The molecule has 0 aromatic carbocycles. The van der Waals surface area contributed by atoms with Crippen LogP contribution >= 0.6 is 0 Å². The van der Waals surface area contributed by atoms with Gasteiger partial charge in [0.05, 0.1) is 0 Å². The van der Waals surface area contributed by atoms with Gasteiger partial charge >= 0.3 is 0 Å². The van der Waals surface area contributed by atoms with E-state index in [-0.39, 0.29) is 27.4 Å². The molecule has 0 unspecified atom stereocenters. The Bertz CT molecular complexity index is 21.1. The molecule has 5 nitrogen and oxygen atoms in total. The fourth-order valence-electron chi connectivity index (χ4n) is 0.354. The van der Waals surface area contributed by atoms with Gasteiger partial charge in [-0.05, 0) is 0 Å². The monoisotopic (exact) mass is 178 g/mol. The van der Waals surface area contributed by atoms with Crippen molar-refractivity contribution >= 4 is 9.52 Å². The van der Waals surface area contributed by atoms with Crippen LogP contribution in [0.25, 0.3) is 0 Å². The Hall–Kier alpha value is 0.0169. The van der Waals surface area contributed by atoms with Gasteiger partial charge in [-0.15, -0.1) is 0 Å². The molecular formula is C4H22O5Si. The average molecular weight is 178 g/mol. The molecule has 0 saturated heterocycles. The summed E-state index contributed by atoms with van der Waals surface area (Å²) >= 11 is 0. The van der Waals surface area contributed by atoms with Gasteiger partial charge < -0.3 is 27.4 Å². The van der Waals surface area contributed by atoms with Crippen LogP contribution in [0.2, 0.25) is 12.1 Å². The molecular weight excluding hydrogens is 156 g/mol. The molecule has 10 N–H and O–H groups in total. The van der Waals surface area contributed by atoms with Gasteiger partial charge in [0.15, 0.2) is 0 Å². The van der Waals surface area contributed by atoms with Crippen molar-refractivity contribution in [3.8, 4) is 0 Å². The van der Waals surface area contributed by atoms with E-state index in [0.717, 1.165) is 0 Å². The normalized spacial score (nSPS) is 4.20. The van der Waals surface area contributed by atoms with Crippen molar-refractivity contribution in [1.82, 2.24) is 0 Å². The van der Waals surface area contributed by atoms with Crippen LogP contribution in [0.4, 0.5) is 0 Å². The van der Waals surface area contributed by atoms with E-state index < -0.39 is 0 Å². The van der Waals surface area contributed by atoms with Crippen LogP contribution in [0, 0.1) is 0 Å². The van der Waals surface area contributed by atoms with Gasteiger partial charge in [-0.1, -0.05) is 25.9 Å². The highest BCUT2D eigenvalue weighted by molar-refractivity contribution is 6.34.